The summed E-state index contributed by atoms with van der Waals surface area (Å²) in [5, 5.41) is 6.04. The molecule has 5 heteroatoms. The van der Waals surface area contributed by atoms with E-state index in [2.05, 4.69) is 42.9 Å². The summed E-state index contributed by atoms with van der Waals surface area (Å²) in [5.74, 6) is 0.265. The van der Waals surface area contributed by atoms with Crippen molar-refractivity contribution in [1.29, 1.82) is 0 Å². The number of hydrogen-bond acceptors (Lipinski definition) is 4. The number of rotatable bonds is 6. The molecule has 1 aliphatic rings. The van der Waals surface area contributed by atoms with Gasteiger partial charge >= 0.3 is 0 Å². The molecule has 3 unspecified atom stereocenters. The number of thiophene rings is 1. The summed E-state index contributed by atoms with van der Waals surface area (Å²) < 4.78 is 0. The van der Waals surface area contributed by atoms with Gasteiger partial charge < -0.3 is 4.90 Å². The molecule has 0 bridgehead atoms. The van der Waals surface area contributed by atoms with E-state index in [-0.39, 0.29) is 18.1 Å². The SMILES string of the molecule is CCCC1NC(c2cccs2)N(CC(C)SC)C1=O. The first-order chi connectivity index (χ1) is 9.17. The second-order valence-electron chi connectivity index (χ2n) is 4.96. The predicted molar refractivity (Wildman–Crippen MR) is 83.6 cm³/mol. The Morgan fingerprint density at radius 2 is 2.37 bits per heavy atom. The van der Waals surface area contributed by atoms with E-state index in [4.69, 9.17) is 0 Å². The van der Waals surface area contributed by atoms with Crippen LogP contribution in [0.15, 0.2) is 17.5 Å². The molecule has 3 atom stereocenters. The third-order valence-corrected chi connectivity index (χ3v) is 5.38. The van der Waals surface area contributed by atoms with Crippen LogP contribution in [0.5, 0.6) is 0 Å². The zero-order valence-electron chi connectivity index (χ0n) is 11.8. The molecule has 1 fully saturated rings. The summed E-state index contributed by atoms with van der Waals surface area (Å²) in [4.78, 5) is 15.8. The smallest absolute Gasteiger partial charge is 0.241 e. The number of nitrogens with one attached hydrogen (secondary N) is 1. The summed E-state index contributed by atoms with van der Waals surface area (Å²) in [7, 11) is 0. The lowest BCUT2D eigenvalue weighted by atomic mass is 10.2. The maximum atomic E-state index is 12.5. The highest BCUT2D eigenvalue weighted by Gasteiger charge is 2.39. The molecule has 2 heterocycles. The number of carbonyl (C=O) groups is 1. The van der Waals surface area contributed by atoms with Gasteiger partial charge in [-0.05, 0) is 24.1 Å². The molecule has 3 nitrogen and oxygen atoms in total. The van der Waals surface area contributed by atoms with Crippen molar-refractivity contribution in [3.63, 3.8) is 0 Å². The topological polar surface area (TPSA) is 32.3 Å². The Morgan fingerprint density at radius 1 is 1.58 bits per heavy atom. The number of thioether (sulfide) groups is 1. The molecule has 2 rings (SSSR count). The van der Waals surface area contributed by atoms with E-state index in [0.717, 1.165) is 19.4 Å². The molecule has 0 radical (unpaired) electrons. The Morgan fingerprint density at radius 3 is 2.95 bits per heavy atom. The van der Waals surface area contributed by atoms with Crippen LogP contribution < -0.4 is 5.32 Å². The van der Waals surface area contributed by atoms with Gasteiger partial charge in [0.1, 0.15) is 6.17 Å². The van der Waals surface area contributed by atoms with Crippen molar-refractivity contribution in [3.05, 3.63) is 22.4 Å². The number of nitrogens with zero attached hydrogens (tertiary/aromatic N) is 1. The molecule has 0 aromatic carbocycles. The van der Waals surface area contributed by atoms with E-state index in [1.54, 1.807) is 11.3 Å². The van der Waals surface area contributed by atoms with Gasteiger partial charge in [-0.25, -0.2) is 0 Å². The van der Waals surface area contributed by atoms with E-state index in [1.807, 2.05) is 16.7 Å². The van der Waals surface area contributed by atoms with E-state index >= 15 is 0 Å². The standard InChI is InChI=1S/C14H22N2OS2/c1-4-6-11-14(17)16(9-10(2)18-3)13(15-11)12-7-5-8-19-12/h5,7-8,10-11,13,15H,4,6,9H2,1-3H3. The maximum absolute atomic E-state index is 12.5. The van der Waals surface area contributed by atoms with Gasteiger partial charge in [-0.3, -0.25) is 10.1 Å². The summed E-state index contributed by atoms with van der Waals surface area (Å²) in [5.41, 5.74) is 0. The molecule has 1 aromatic heterocycles. The predicted octanol–water partition coefficient (Wildman–Crippen LogP) is 3.10. The fraction of sp³-hybridized carbons (Fsp3) is 0.643. The zero-order chi connectivity index (χ0) is 13.8. The van der Waals surface area contributed by atoms with Gasteiger partial charge in [0.15, 0.2) is 0 Å². The number of amides is 1. The van der Waals surface area contributed by atoms with Crippen molar-refractivity contribution in [2.45, 2.75) is 44.1 Å². The lowest BCUT2D eigenvalue weighted by molar-refractivity contribution is -0.130. The van der Waals surface area contributed by atoms with Gasteiger partial charge in [0.2, 0.25) is 5.91 Å². The van der Waals surface area contributed by atoms with Gasteiger partial charge in [-0.15, -0.1) is 11.3 Å². The summed E-state index contributed by atoms with van der Waals surface area (Å²) in [6, 6.07) is 4.15. The molecule has 1 saturated heterocycles. The Kier molecular flexibility index (Phi) is 5.30. The second kappa shape index (κ2) is 6.77. The van der Waals surface area contributed by atoms with Crippen LogP contribution in [0, 0.1) is 0 Å². The first kappa shape index (κ1) is 14.9. The third kappa shape index (κ3) is 3.33. The fourth-order valence-electron chi connectivity index (χ4n) is 2.40. The first-order valence-electron chi connectivity index (χ1n) is 6.80. The van der Waals surface area contributed by atoms with Crippen LogP contribution in [-0.2, 0) is 4.79 Å². The van der Waals surface area contributed by atoms with Crippen molar-refractivity contribution in [2.24, 2.45) is 0 Å². The van der Waals surface area contributed by atoms with Crippen molar-refractivity contribution < 1.29 is 4.79 Å². The van der Waals surface area contributed by atoms with E-state index < -0.39 is 0 Å². The number of hydrogen-bond donors (Lipinski definition) is 1. The molecule has 0 aliphatic carbocycles. The Balaban J connectivity index is 2.16. The molecule has 0 spiro atoms. The van der Waals surface area contributed by atoms with Crippen LogP contribution in [0.4, 0.5) is 0 Å². The van der Waals surface area contributed by atoms with Crippen LogP contribution >= 0.6 is 23.1 Å². The summed E-state index contributed by atoms with van der Waals surface area (Å²) in [6.45, 7) is 5.12. The molecule has 19 heavy (non-hydrogen) atoms. The lowest BCUT2D eigenvalue weighted by Crippen LogP contribution is -2.35. The van der Waals surface area contributed by atoms with Gasteiger partial charge in [0, 0.05) is 16.7 Å². The van der Waals surface area contributed by atoms with Crippen LogP contribution in [0.25, 0.3) is 0 Å². The van der Waals surface area contributed by atoms with E-state index in [0.29, 0.717) is 5.25 Å². The molecule has 1 aromatic rings. The highest BCUT2D eigenvalue weighted by Crippen LogP contribution is 2.30. The van der Waals surface area contributed by atoms with Crippen molar-refractivity contribution in [2.75, 3.05) is 12.8 Å². The van der Waals surface area contributed by atoms with Crippen molar-refractivity contribution >= 4 is 29.0 Å². The third-order valence-electron chi connectivity index (χ3n) is 3.50. The van der Waals surface area contributed by atoms with Crippen molar-refractivity contribution in [3.8, 4) is 0 Å². The van der Waals surface area contributed by atoms with Crippen LogP contribution in [0.3, 0.4) is 0 Å². The summed E-state index contributed by atoms with van der Waals surface area (Å²) >= 11 is 3.53. The largest absolute Gasteiger partial charge is 0.320 e. The average Bonchev–Trinajstić information content (AvgIpc) is 3.02. The molecular formula is C14H22N2OS2. The van der Waals surface area contributed by atoms with Crippen molar-refractivity contribution in [1.82, 2.24) is 10.2 Å². The highest BCUT2D eigenvalue weighted by molar-refractivity contribution is 7.99. The molecule has 1 aliphatic heterocycles. The van der Waals surface area contributed by atoms with Gasteiger partial charge in [-0.1, -0.05) is 26.3 Å². The maximum Gasteiger partial charge on any atom is 0.241 e. The number of carbonyl (C=O) groups excluding carboxylic acids is 1. The summed E-state index contributed by atoms with van der Waals surface area (Å²) in [6.07, 6.45) is 4.12. The molecule has 0 saturated carbocycles. The van der Waals surface area contributed by atoms with Crippen LogP contribution in [-0.4, -0.2) is 34.9 Å². The Hall–Kier alpha value is -0.520. The van der Waals surface area contributed by atoms with E-state index in [1.165, 1.54) is 4.88 Å². The van der Waals surface area contributed by atoms with Crippen LogP contribution in [0.2, 0.25) is 0 Å². The Labute approximate surface area is 123 Å². The minimum Gasteiger partial charge on any atom is -0.320 e. The molecule has 106 valence electrons. The Bertz CT molecular complexity index is 408. The second-order valence-corrected chi connectivity index (χ2v) is 7.22. The average molecular weight is 298 g/mol. The zero-order valence-corrected chi connectivity index (χ0v) is 13.4. The van der Waals surface area contributed by atoms with Gasteiger partial charge in [0.25, 0.3) is 0 Å². The highest BCUT2D eigenvalue weighted by atomic mass is 32.2. The molecule has 1 amide bonds. The monoisotopic (exact) mass is 298 g/mol. The minimum absolute atomic E-state index is 0.00819. The van der Waals surface area contributed by atoms with Gasteiger partial charge in [-0.2, -0.15) is 11.8 Å². The molecular weight excluding hydrogens is 276 g/mol. The normalized spacial score (nSPS) is 25.0. The van der Waals surface area contributed by atoms with Crippen LogP contribution in [0.1, 0.15) is 37.7 Å². The van der Waals surface area contributed by atoms with Gasteiger partial charge in [0.05, 0.1) is 6.04 Å². The quantitative estimate of drug-likeness (QED) is 0.876. The van der Waals surface area contributed by atoms with E-state index in [9.17, 15) is 4.79 Å². The minimum atomic E-state index is -0.00819. The first-order valence-corrected chi connectivity index (χ1v) is 8.96. The lowest BCUT2D eigenvalue weighted by Gasteiger charge is -2.25. The fourth-order valence-corrected chi connectivity index (χ4v) is 3.51. The molecule has 1 N–H and O–H groups in total.